The summed E-state index contributed by atoms with van der Waals surface area (Å²) in [5.74, 6) is 1.04. The smallest absolute Gasteiger partial charge is 0.356 e. The molecule has 0 N–H and O–H groups in total. The highest BCUT2D eigenvalue weighted by molar-refractivity contribution is 5.88. The molecule has 0 bridgehead atoms. The van der Waals surface area contributed by atoms with Crippen molar-refractivity contribution in [2.45, 2.75) is 19.3 Å². The fraction of sp³-hybridized carbons (Fsp3) is 0.533. The van der Waals surface area contributed by atoms with E-state index in [1.165, 1.54) is 20.0 Å². The van der Waals surface area contributed by atoms with E-state index in [9.17, 15) is 4.79 Å². The lowest BCUT2D eigenvalue weighted by Crippen LogP contribution is -2.31. The maximum Gasteiger partial charge on any atom is 0.356 e. The predicted octanol–water partition coefficient (Wildman–Crippen LogP) is 1.40. The Kier molecular flexibility index (Phi) is 3.88. The van der Waals surface area contributed by atoms with Crippen LogP contribution in [0.4, 0.5) is 0 Å². The number of pyridine rings is 1. The maximum absolute atomic E-state index is 11.7. The lowest BCUT2D eigenvalue weighted by atomic mass is 9.94. The number of hydrogen-bond donors (Lipinski definition) is 0. The van der Waals surface area contributed by atoms with Crippen LogP contribution in [0.25, 0.3) is 5.65 Å². The lowest BCUT2D eigenvalue weighted by molar-refractivity contribution is 0.0591. The van der Waals surface area contributed by atoms with Crippen molar-refractivity contribution in [2.24, 2.45) is 5.92 Å². The second-order valence-corrected chi connectivity index (χ2v) is 5.65. The Bertz CT molecular complexity index is 644. The Morgan fingerprint density at radius 2 is 2.14 bits per heavy atom. The number of carbonyl (C=O) groups excluding carboxylic acids is 1. The number of esters is 1. The first-order chi connectivity index (χ1) is 10.2. The molecule has 0 atom stereocenters. The van der Waals surface area contributed by atoms with Crippen molar-refractivity contribution in [3.8, 4) is 0 Å². The first kappa shape index (κ1) is 14.0. The van der Waals surface area contributed by atoms with Crippen molar-refractivity contribution in [1.29, 1.82) is 0 Å². The molecule has 3 heterocycles. The van der Waals surface area contributed by atoms with Crippen LogP contribution < -0.4 is 0 Å². The van der Waals surface area contributed by atoms with Gasteiger partial charge in [0.1, 0.15) is 0 Å². The van der Waals surface area contributed by atoms with Crippen LogP contribution in [0.5, 0.6) is 0 Å². The van der Waals surface area contributed by atoms with Gasteiger partial charge in [-0.2, -0.15) is 5.10 Å². The molecule has 112 valence electrons. The minimum Gasteiger partial charge on any atom is -0.464 e. The molecule has 1 aliphatic rings. The molecule has 0 aromatic carbocycles. The number of methoxy groups -OCH3 is 1. The van der Waals surface area contributed by atoms with E-state index in [4.69, 9.17) is 4.74 Å². The highest BCUT2D eigenvalue weighted by Gasteiger charge is 2.20. The third kappa shape index (κ3) is 2.90. The molecule has 2 aromatic rings. The molecule has 6 nitrogen and oxygen atoms in total. The lowest BCUT2D eigenvalue weighted by Gasteiger charge is -2.28. The zero-order valence-electron chi connectivity index (χ0n) is 12.5. The Labute approximate surface area is 123 Å². The summed E-state index contributed by atoms with van der Waals surface area (Å²) in [6.45, 7) is 2.26. The van der Waals surface area contributed by atoms with Gasteiger partial charge in [0.25, 0.3) is 0 Å². The van der Waals surface area contributed by atoms with Crippen LogP contribution in [0.3, 0.4) is 0 Å². The van der Waals surface area contributed by atoms with Crippen LogP contribution in [-0.2, 0) is 11.2 Å². The maximum atomic E-state index is 11.7. The summed E-state index contributed by atoms with van der Waals surface area (Å²) in [4.78, 5) is 18.6. The van der Waals surface area contributed by atoms with Crippen LogP contribution in [0.2, 0.25) is 0 Å². The SMILES string of the molecule is COC(=O)c1cccc2nc(CC3CCN(C)CC3)nn12. The van der Waals surface area contributed by atoms with Gasteiger partial charge in [0, 0.05) is 6.42 Å². The topological polar surface area (TPSA) is 59.7 Å². The van der Waals surface area contributed by atoms with E-state index in [2.05, 4.69) is 22.0 Å². The average molecular weight is 288 g/mol. The van der Waals surface area contributed by atoms with Crippen molar-refractivity contribution < 1.29 is 9.53 Å². The number of rotatable bonds is 3. The minimum absolute atomic E-state index is 0.392. The van der Waals surface area contributed by atoms with Crippen molar-refractivity contribution in [3.63, 3.8) is 0 Å². The van der Waals surface area contributed by atoms with Crippen molar-refractivity contribution in [3.05, 3.63) is 29.7 Å². The summed E-state index contributed by atoms with van der Waals surface area (Å²) in [5.41, 5.74) is 1.11. The molecule has 0 saturated carbocycles. The van der Waals surface area contributed by atoms with Gasteiger partial charge in [0.05, 0.1) is 7.11 Å². The molecule has 0 aliphatic carbocycles. The highest BCUT2D eigenvalue weighted by Crippen LogP contribution is 2.20. The van der Waals surface area contributed by atoms with Gasteiger partial charge < -0.3 is 9.64 Å². The summed E-state index contributed by atoms with van der Waals surface area (Å²) in [6.07, 6.45) is 3.22. The number of piperidine rings is 1. The molecule has 1 aliphatic heterocycles. The second kappa shape index (κ2) is 5.81. The molecule has 0 amide bonds. The zero-order valence-corrected chi connectivity index (χ0v) is 12.5. The molecular formula is C15H20N4O2. The molecule has 0 unspecified atom stereocenters. The molecule has 21 heavy (non-hydrogen) atoms. The predicted molar refractivity (Wildman–Crippen MR) is 78.3 cm³/mol. The quantitative estimate of drug-likeness (QED) is 0.799. The monoisotopic (exact) mass is 288 g/mol. The molecule has 1 saturated heterocycles. The number of likely N-dealkylation sites (tertiary alicyclic amines) is 1. The average Bonchev–Trinajstić information content (AvgIpc) is 2.91. The highest BCUT2D eigenvalue weighted by atomic mass is 16.5. The second-order valence-electron chi connectivity index (χ2n) is 5.65. The fourth-order valence-electron chi connectivity index (χ4n) is 2.82. The molecule has 0 spiro atoms. The molecule has 1 fully saturated rings. The van der Waals surface area contributed by atoms with Gasteiger partial charge in [0.15, 0.2) is 17.2 Å². The molecular weight excluding hydrogens is 268 g/mol. The van der Waals surface area contributed by atoms with Crippen LogP contribution in [0.15, 0.2) is 18.2 Å². The van der Waals surface area contributed by atoms with Gasteiger partial charge >= 0.3 is 5.97 Å². The van der Waals surface area contributed by atoms with E-state index < -0.39 is 5.97 Å². The van der Waals surface area contributed by atoms with Crippen LogP contribution >= 0.6 is 0 Å². The molecule has 6 heteroatoms. The van der Waals surface area contributed by atoms with E-state index in [0.29, 0.717) is 17.3 Å². The van der Waals surface area contributed by atoms with Gasteiger partial charge in [-0.05, 0) is 51.0 Å². The zero-order chi connectivity index (χ0) is 14.8. The van der Waals surface area contributed by atoms with Crippen LogP contribution in [-0.4, -0.2) is 52.7 Å². The van der Waals surface area contributed by atoms with Crippen molar-refractivity contribution in [2.75, 3.05) is 27.2 Å². The van der Waals surface area contributed by atoms with Crippen molar-refractivity contribution in [1.82, 2.24) is 19.5 Å². The number of ether oxygens (including phenoxy) is 1. The summed E-state index contributed by atoms with van der Waals surface area (Å²) >= 11 is 0. The Morgan fingerprint density at radius 1 is 1.38 bits per heavy atom. The Hall–Kier alpha value is -1.95. The van der Waals surface area contributed by atoms with E-state index in [1.54, 1.807) is 16.6 Å². The van der Waals surface area contributed by atoms with Crippen LogP contribution in [0, 0.1) is 5.92 Å². The first-order valence-corrected chi connectivity index (χ1v) is 7.29. The van der Waals surface area contributed by atoms with Gasteiger partial charge in [-0.3, -0.25) is 0 Å². The number of hydrogen-bond acceptors (Lipinski definition) is 5. The minimum atomic E-state index is -0.392. The third-order valence-electron chi connectivity index (χ3n) is 4.11. The summed E-state index contributed by atoms with van der Waals surface area (Å²) in [6, 6.07) is 5.36. The largest absolute Gasteiger partial charge is 0.464 e. The first-order valence-electron chi connectivity index (χ1n) is 7.29. The number of aromatic nitrogens is 3. The summed E-state index contributed by atoms with van der Waals surface area (Å²) in [7, 11) is 3.53. The van der Waals surface area contributed by atoms with Gasteiger partial charge in [0.2, 0.25) is 0 Å². The van der Waals surface area contributed by atoms with Crippen LogP contribution in [0.1, 0.15) is 29.2 Å². The van der Waals surface area contributed by atoms with E-state index in [1.807, 2.05) is 6.07 Å². The van der Waals surface area contributed by atoms with E-state index in [-0.39, 0.29) is 0 Å². The summed E-state index contributed by atoms with van der Waals surface area (Å²) in [5, 5.41) is 4.49. The van der Waals surface area contributed by atoms with Gasteiger partial charge in [-0.15, -0.1) is 0 Å². The summed E-state index contributed by atoms with van der Waals surface area (Å²) < 4.78 is 6.36. The fourth-order valence-corrected chi connectivity index (χ4v) is 2.82. The number of fused-ring (bicyclic) bond motifs is 1. The van der Waals surface area contributed by atoms with E-state index >= 15 is 0 Å². The molecule has 0 radical (unpaired) electrons. The number of carbonyl (C=O) groups is 1. The van der Waals surface area contributed by atoms with E-state index in [0.717, 1.165) is 25.3 Å². The molecule has 2 aromatic heterocycles. The Balaban J connectivity index is 1.82. The number of nitrogens with zero attached hydrogens (tertiary/aromatic N) is 4. The third-order valence-corrected chi connectivity index (χ3v) is 4.11. The van der Waals surface area contributed by atoms with Crippen molar-refractivity contribution >= 4 is 11.6 Å². The molecule has 3 rings (SSSR count). The Morgan fingerprint density at radius 3 is 2.86 bits per heavy atom. The van der Waals surface area contributed by atoms with Gasteiger partial charge in [-0.25, -0.2) is 14.3 Å². The van der Waals surface area contributed by atoms with Gasteiger partial charge in [-0.1, -0.05) is 6.07 Å². The normalized spacial score (nSPS) is 17.2. The standard InChI is InChI=1S/C15H20N4O2/c1-18-8-6-11(7-9-18)10-13-16-14-5-3-4-12(15(20)21-2)19(14)17-13/h3-5,11H,6-10H2,1-2H3.